The summed E-state index contributed by atoms with van der Waals surface area (Å²) in [7, 11) is -0.902. The number of methoxy groups -OCH3 is 1. The lowest BCUT2D eigenvalue weighted by molar-refractivity contribution is -0.138. The summed E-state index contributed by atoms with van der Waals surface area (Å²) in [6.45, 7) is 0.0307. The minimum absolute atomic E-state index is 0.0307. The third-order valence-electron chi connectivity index (χ3n) is 4.03. The molecular weight excluding hydrogens is 329 g/mol. The van der Waals surface area contributed by atoms with Crippen LogP contribution in [-0.4, -0.2) is 19.6 Å². The maximum atomic E-state index is 11.9. The van der Waals surface area contributed by atoms with E-state index >= 15 is 0 Å². The van der Waals surface area contributed by atoms with Crippen molar-refractivity contribution < 1.29 is 9.53 Å². The Balaban J connectivity index is 2.34. The van der Waals surface area contributed by atoms with Gasteiger partial charge in [0.05, 0.1) is 14.2 Å². The number of rotatable bonds is 5. The van der Waals surface area contributed by atoms with Gasteiger partial charge in [-0.1, -0.05) is 91.0 Å². The second-order valence-electron chi connectivity index (χ2n) is 5.52. The zero-order valence-electron chi connectivity index (χ0n) is 14.1. The number of nitrogens with zero attached hydrogens (tertiary/aromatic N) is 1. The number of benzene rings is 3. The highest BCUT2D eigenvalue weighted by Crippen LogP contribution is 2.46. The van der Waals surface area contributed by atoms with Crippen LogP contribution in [0.3, 0.4) is 0 Å². The monoisotopic (exact) mass is 349 g/mol. The molecule has 25 heavy (non-hydrogen) atoms. The lowest BCUT2D eigenvalue weighted by atomic mass is 10.4. The highest BCUT2D eigenvalue weighted by Gasteiger charge is 2.27. The summed E-state index contributed by atoms with van der Waals surface area (Å²) in [6, 6.07) is 30.6. The van der Waals surface area contributed by atoms with Crippen LogP contribution >= 0.6 is 7.05 Å². The molecule has 126 valence electrons. The normalized spacial score (nSPS) is 10.9. The molecule has 4 heteroatoms. The van der Waals surface area contributed by atoms with E-state index in [9.17, 15) is 4.79 Å². The molecule has 3 rings (SSSR count). The molecule has 0 aliphatic carbocycles. The molecule has 0 atom stereocenters. The zero-order valence-corrected chi connectivity index (χ0v) is 15.0. The van der Waals surface area contributed by atoms with Crippen LogP contribution in [0.1, 0.15) is 0 Å². The topological polar surface area (TPSA) is 38.7 Å². The van der Waals surface area contributed by atoms with Gasteiger partial charge in [0.1, 0.15) is 6.54 Å². The first-order chi connectivity index (χ1) is 12.3. The van der Waals surface area contributed by atoms with Gasteiger partial charge in [0.2, 0.25) is 0 Å². The van der Waals surface area contributed by atoms with Crippen LogP contribution in [0.4, 0.5) is 0 Å². The Morgan fingerprint density at radius 3 is 1.44 bits per heavy atom. The van der Waals surface area contributed by atoms with Crippen molar-refractivity contribution in [3.05, 3.63) is 91.0 Å². The van der Waals surface area contributed by atoms with Crippen molar-refractivity contribution in [1.82, 2.24) is 0 Å². The lowest BCUT2D eigenvalue weighted by Gasteiger charge is -2.26. The zero-order chi connectivity index (χ0) is 17.5. The standard InChI is InChI=1S/C21H20NO2P/c1-24-21(23)17-22-25(18-11-5-2-6-12-18,19-13-7-3-8-14-19)20-15-9-4-10-16-20/h2-16H,17H2,1H3. The molecule has 0 unspecified atom stereocenters. The first-order valence-electron chi connectivity index (χ1n) is 8.09. The van der Waals surface area contributed by atoms with Crippen molar-refractivity contribution >= 4 is 28.9 Å². The molecule has 0 amide bonds. The van der Waals surface area contributed by atoms with E-state index in [1.54, 1.807) is 0 Å². The fraction of sp³-hybridized carbons (Fsp3) is 0.0952. The van der Waals surface area contributed by atoms with E-state index in [-0.39, 0.29) is 12.5 Å². The average Bonchev–Trinajstić information content (AvgIpc) is 2.71. The third kappa shape index (κ3) is 3.57. The van der Waals surface area contributed by atoms with Gasteiger partial charge in [-0.2, -0.15) is 0 Å². The Bertz CT molecular complexity index is 774. The average molecular weight is 349 g/mol. The second kappa shape index (κ2) is 7.96. The van der Waals surface area contributed by atoms with Gasteiger partial charge in [0, 0.05) is 15.9 Å². The van der Waals surface area contributed by atoms with Crippen molar-refractivity contribution in [2.45, 2.75) is 0 Å². The molecule has 0 aliphatic heterocycles. The second-order valence-corrected chi connectivity index (χ2v) is 8.62. The number of hydrogen-bond donors (Lipinski definition) is 0. The van der Waals surface area contributed by atoms with Gasteiger partial charge in [-0.15, -0.1) is 0 Å². The van der Waals surface area contributed by atoms with Crippen molar-refractivity contribution in [3.63, 3.8) is 0 Å². The minimum Gasteiger partial charge on any atom is -0.468 e. The maximum Gasteiger partial charge on any atom is 0.327 e. The Hall–Kier alpha value is -2.64. The first kappa shape index (κ1) is 17.2. The Labute approximate surface area is 148 Å². The van der Waals surface area contributed by atoms with E-state index in [0.29, 0.717) is 0 Å². The van der Waals surface area contributed by atoms with Crippen LogP contribution in [0.5, 0.6) is 0 Å². The summed E-state index contributed by atoms with van der Waals surface area (Å²) in [5.41, 5.74) is 0. The molecule has 0 saturated heterocycles. The summed E-state index contributed by atoms with van der Waals surface area (Å²) in [4.78, 5) is 11.9. The van der Waals surface area contributed by atoms with Crippen LogP contribution in [0.2, 0.25) is 0 Å². The van der Waals surface area contributed by atoms with E-state index in [1.807, 2.05) is 54.6 Å². The summed E-state index contributed by atoms with van der Waals surface area (Å²) in [5.74, 6) is -0.327. The molecule has 0 fully saturated rings. The Kier molecular flexibility index (Phi) is 5.47. The third-order valence-corrected chi connectivity index (χ3v) is 7.73. The smallest absolute Gasteiger partial charge is 0.327 e. The van der Waals surface area contributed by atoms with E-state index in [2.05, 4.69) is 36.4 Å². The molecule has 0 aromatic heterocycles. The van der Waals surface area contributed by atoms with Crippen molar-refractivity contribution in [1.29, 1.82) is 0 Å². The van der Waals surface area contributed by atoms with Crippen LogP contribution in [-0.2, 0) is 9.53 Å². The van der Waals surface area contributed by atoms with Gasteiger partial charge in [-0.25, -0.2) is 0 Å². The van der Waals surface area contributed by atoms with Crippen LogP contribution < -0.4 is 15.9 Å². The quantitative estimate of drug-likeness (QED) is 0.523. The molecule has 0 bridgehead atoms. The van der Waals surface area contributed by atoms with Gasteiger partial charge < -0.3 is 4.74 Å². The van der Waals surface area contributed by atoms with E-state index < -0.39 is 7.05 Å². The maximum absolute atomic E-state index is 11.9. The molecule has 0 saturated carbocycles. The fourth-order valence-corrected chi connectivity index (χ4v) is 6.37. The number of carbonyl (C=O) groups excluding carboxylic acids is 1. The van der Waals surface area contributed by atoms with E-state index in [4.69, 9.17) is 9.48 Å². The van der Waals surface area contributed by atoms with Crippen LogP contribution in [0, 0.1) is 0 Å². The largest absolute Gasteiger partial charge is 0.468 e. The van der Waals surface area contributed by atoms with E-state index in [1.165, 1.54) is 7.11 Å². The summed E-state index contributed by atoms with van der Waals surface area (Å²) in [6.07, 6.45) is 0. The molecule has 3 aromatic carbocycles. The summed E-state index contributed by atoms with van der Waals surface area (Å²) < 4.78 is 9.81. The molecule has 0 heterocycles. The molecule has 3 nitrogen and oxygen atoms in total. The highest BCUT2D eigenvalue weighted by molar-refractivity contribution is 7.87. The summed E-state index contributed by atoms with van der Waals surface area (Å²) in [5, 5.41) is 3.36. The molecule has 0 spiro atoms. The molecular formula is C21H20NO2P. The molecule has 0 aliphatic rings. The van der Waals surface area contributed by atoms with Crippen molar-refractivity contribution in [2.75, 3.05) is 13.7 Å². The number of ether oxygens (including phenoxy) is 1. The van der Waals surface area contributed by atoms with Gasteiger partial charge in [0.15, 0.2) is 0 Å². The Morgan fingerprint density at radius 1 is 0.760 bits per heavy atom. The minimum atomic E-state index is -2.30. The number of carbonyl (C=O) groups is 1. The molecule has 0 radical (unpaired) electrons. The molecule has 0 N–H and O–H groups in total. The number of hydrogen-bond acceptors (Lipinski definition) is 3. The van der Waals surface area contributed by atoms with Crippen LogP contribution in [0.15, 0.2) is 95.7 Å². The molecule has 3 aromatic rings. The van der Waals surface area contributed by atoms with Gasteiger partial charge in [-0.3, -0.25) is 9.54 Å². The van der Waals surface area contributed by atoms with E-state index in [0.717, 1.165) is 15.9 Å². The lowest BCUT2D eigenvalue weighted by Crippen LogP contribution is -2.26. The van der Waals surface area contributed by atoms with Crippen molar-refractivity contribution in [2.24, 2.45) is 4.74 Å². The fourth-order valence-electron chi connectivity index (χ4n) is 2.85. The predicted molar refractivity (Wildman–Crippen MR) is 104 cm³/mol. The SMILES string of the molecule is COC(=O)CN=P(c1ccccc1)(c1ccccc1)c1ccccc1. The summed E-state index contributed by atoms with van der Waals surface area (Å²) >= 11 is 0. The van der Waals surface area contributed by atoms with Gasteiger partial charge in [0.25, 0.3) is 0 Å². The first-order valence-corrected chi connectivity index (χ1v) is 9.83. The highest BCUT2D eigenvalue weighted by atomic mass is 31.2. The van der Waals surface area contributed by atoms with Gasteiger partial charge in [-0.05, 0) is 0 Å². The predicted octanol–water partition coefficient (Wildman–Crippen LogP) is 3.34. The number of esters is 1. The van der Waals surface area contributed by atoms with Crippen LogP contribution in [0.25, 0.3) is 0 Å². The van der Waals surface area contributed by atoms with Crippen molar-refractivity contribution in [3.8, 4) is 0 Å². The van der Waals surface area contributed by atoms with Gasteiger partial charge >= 0.3 is 5.97 Å². The Morgan fingerprint density at radius 2 is 1.12 bits per heavy atom.